The van der Waals surface area contributed by atoms with Crippen LogP contribution in [0.3, 0.4) is 0 Å². The molecule has 31 heavy (non-hydrogen) atoms. The van der Waals surface area contributed by atoms with Crippen LogP contribution in [0.5, 0.6) is 5.75 Å². The van der Waals surface area contributed by atoms with Gasteiger partial charge in [0.25, 0.3) is 0 Å². The first-order valence-electron chi connectivity index (χ1n) is 10.5. The molecule has 1 aliphatic heterocycles. The molecule has 0 radical (unpaired) electrons. The number of thiophene rings is 2. The van der Waals surface area contributed by atoms with Crippen molar-refractivity contribution in [2.24, 2.45) is 5.92 Å². The van der Waals surface area contributed by atoms with Gasteiger partial charge in [-0.25, -0.2) is 4.79 Å². The number of nitrogens with zero attached hydrogens (tertiary/aromatic N) is 1. The first-order chi connectivity index (χ1) is 15.2. The maximum Gasteiger partial charge on any atom is 0.349 e. The lowest BCUT2D eigenvalue weighted by atomic mass is 10.00. The van der Waals surface area contributed by atoms with Crippen LogP contribution in [0.15, 0.2) is 65.4 Å². The lowest BCUT2D eigenvalue weighted by molar-refractivity contribution is -0.162. The Morgan fingerprint density at radius 2 is 1.77 bits per heavy atom. The second kappa shape index (κ2) is 10.4. The van der Waals surface area contributed by atoms with Crippen LogP contribution >= 0.6 is 22.7 Å². The lowest BCUT2D eigenvalue weighted by Crippen LogP contribution is -2.38. The number of hydrogen-bond donors (Lipinski definition) is 1. The lowest BCUT2D eigenvalue weighted by Gasteiger charge is -2.24. The highest BCUT2D eigenvalue weighted by molar-refractivity contribution is 7.12. The molecule has 5 nitrogen and oxygen atoms in total. The van der Waals surface area contributed by atoms with E-state index in [2.05, 4.69) is 4.90 Å². The fourth-order valence-electron chi connectivity index (χ4n) is 3.84. The number of carbonyl (C=O) groups is 1. The van der Waals surface area contributed by atoms with Gasteiger partial charge in [-0.1, -0.05) is 30.3 Å². The van der Waals surface area contributed by atoms with Crippen LogP contribution in [-0.4, -0.2) is 48.8 Å². The Morgan fingerprint density at radius 1 is 1.06 bits per heavy atom. The predicted molar refractivity (Wildman–Crippen MR) is 124 cm³/mol. The molecule has 0 spiro atoms. The van der Waals surface area contributed by atoms with Crippen LogP contribution in [0.25, 0.3) is 0 Å². The van der Waals surface area contributed by atoms with Gasteiger partial charge in [-0.2, -0.15) is 0 Å². The van der Waals surface area contributed by atoms with Gasteiger partial charge in [0.1, 0.15) is 5.75 Å². The third kappa shape index (κ3) is 5.36. The number of para-hydroxylation sites is 1. The highest BCUT2D eigenvalue weighted by Crippen LogP contribution is 2.37. The normalized spacial score (nSPS) is 17.0. The van der Waals surface area contributed by atoms with E-state index in [-0.39, 0.29) is 5.92 Å². The topological polar surface area (TPSA) is 59.0 Å². The average Bonchev–Trinajstić information content (AvgIpc) is 3.58. The summed E-state index contributed by atoms with van der Waals surface area (Å²) in [5.41, 5.74) is -1.73. The van der Waals surface area contributed by atoms with Crippen molar-refractivity contribution in [2.45, 2.75) is 18.4 Å². The number of aliphatic hydroxyl groups is 1. The number of rotatable bonds is 10. The molecule has 164 valence electrons. The molecule has 2 aromatic heterocycles. The van der Waals surface area contributed by atoms with Crippen molar-refractivity contribution in [2.75, 3.05) is 32.8 Å². The third-order valence-corrected chi connectivity index (χ3v) is 7.46. The number of carbonyl (C=O) groups excluding carboxylic acids is 1. The molecule has 0 bridgehead atoms. The van der Waals surface area contributed by atoms with Crippen molar-refractivity contribution in [3.63, 3.8) is 0 Å². The van der Waals surface area contributed by atoms with Crippen molar-refractivity contribution in [1.29, 1.82) is 0 Å². The van der Waals surface area contributed by atoms with E-state index in [0.717, 1.165) is 38.2 Å². The Hall–Kier alpha value is -2.19. The summed E-state index contributed by atoms with van der Waals surface area (Å²) in [7, 11) is 0. The minimum atomic E-state index is -1.73. The van der Waals surface area contributed by atoms with E-state index >= 15 is 0 Å². The zero-order chi connectivity index (χ0) is 21.5. The van der Waals surface area contributed by atoms with Crippen molar-refractivity contribution < 1.29 is 19.4 Å². The van der Waals surface area contributed by atoms with Crippen LogP contribution in [0.1, 0.15) is 22.6 Å². The molecular formula is C24H27NO4S2. The molecule has 1 aliphatic rings. The third-order valence-electron chi connectivity index (χ3n) is 5.50. The van der Waals surface area contributed by atoms with Crippen molar-refractivity contribution in [1.82, 2.24) is 4.90 Å². The van der Waals surface area contributed by atoms with Gasteiger partial charge in [0.2, 0.25) is 5.60 Å². The molecule has 4 rings (SSSR count). The summed E-state index contributed by atoms with van der Waals surface area (Å²) in [6.07, 6.45) is 1.95. The van der Waals surface area contributed by atoms with Gasteiger partial charge < -0.3 is 19.5 Å². The second-order valence-electron chi connectivity index (χ2n) is 7.73. The molecule has 1 fully saturated rings. The van der Waals surface area contributed by atoms with Crippen LogP contribution < -0.4 is 4.74 Å². The minimum Gasteiger partial charge on any atom is -0.494 e. The van der Waals surface area contributed by atoms with Gasteiger partial charge in [0, 0.05) is 19.0 Å². The van der Waals surface area contributed by atoms with E-state index in [0.29, 0.717) is 23.0 Å². The summed E-state index contributed by atoms with van der Waals surface area (Å²) >= 11 is 2.72. The molecule has 0 amide bonds. The summed E-state index contributed by atoms with van der Waals surface area (Å²) in [5, 5.41) is 15.0. The fourth-order valence-corrected chi connectivity index (χ4v) is 5.55. The fraction of sp³-hybridized carbons (Fsp3) is 0.375. The van der Waals surface area contributed by atoms with Crippen LogP contribution in [0.4, 0.5) is 0 Å². The van der Waals surface area contributed by atoms with Gasteiger partial charge in [-0.05, 0) is 54.4 Å². The molecule has 3 aromatic rings. The SMILES string of the molecule is O=C(OC[C@H]1CCN(CCCOc2ccccc2)C1)C(O)(c1cccs1)c1cccs1. The van der Waals surface area contributed by atoms with Gasteiger partial charge >= 0.3 is 5.97 Å². The summed E-state index contributed by atoms with van der Waals surface area (Å²) < 4.78 is 11.4. The van der Waals surface area contributed by atoms with E-state index < -0.39 is 11.6 Å². The number of esters is 1. The van der Waals surface area contributed by atoms with Crippen molar-refractivity contribution in [3.05, 3.63) is 75.1 Å². The highest BCUT2D eigenvalue weighted by atomic mass is 32.1. The van der Waals surface area contributed by atoms with Gasteiger partial charge in [0.05, 0.1) is 23.0 Å². The summed E-state index contributed by atoms with van der Waals surface area (Å²) in [5.74, 6) is 0.597. The van der Waals surface area contributed by atoms with Crippen molar-refractivity contribution in [3.8, 4) is 5.75 Å². The Labute approximate surface area is 190 Å². The molecule has 1 saturated heterocycles. The Morgan fingerprint density at radius 3 is 2.42 bits per heavy atom. The molecule has 1 N–H and O–H groups in total. The van der Waals surface area contributed by atoms with Gasteiger partial charge in [0.15, 0.2) is 0 Å². The summed E-state index contributed by atoms with van der Waals surface area (Å²) in [4.78, 5) is 16.5. The maximum atomic E-state index is 13.0. The van der Waals surface area contributed by atoms with Gasteiger partial charge in [-0.15, -0.1) is 22.7 Å². The van der Waals surface area contributed by atoms with Crippen LogP contribution in [-0.2, 0) is 15.1 Å². The zero-order valence-electron chi connectivity index (χ0n) is 17.3. The van der Waals surface area contributed by atoms with Crippen molar-refractivity contribution >= 4 is 28.6 Å². The monoisotopic (exact) mass is 457 g/mol. The summed E-state index contributed by atoms with van der Waals surface area (Å²) in [6.45, 7) is 3.87. The second-order valence-corrected chi connectivity index (χ2v) is 9.63. The smallest absolute Gasteiger partial charge is 0.349 e. The molecule has 3 heterocycles. The predicted octanol–water partition coefficient (Wildman–Crippen LogP) is 4.38. The largest absolute Gasteiger partial charge is 0.494 e. The average molecular weight is 458 g/mol. The molecule has 0 aliphatic carbocycles. The molecular weight excluding hydrogens is 430 g/mol. The number of hydrogen-bond acceptors (Lipinski definition) is 7. The molecule has 1 aromatic carbocycles. The molecule has 0 saturated carbocycles. The maximum absolute atomic E-state index is 13.0. The van der Waals surface area contributed by atoms with E-state index in [1.54, 1.807) is 12.1 Å². The standard InChI is InChI=1S/C24H27NO4S2/c26-23(24(27,21-9-4-15-30-21)22-10-5-16-31-22)29-18-19-11-13-25(17-19)12-6-14-28-20-7-2-1-3-8-20/h1-5,7-10,15-16,19,27H,6,11-14,17-18H2/t19-/m0/s1. The Balaban J connectivity index is 1.23. The Kier molecular flexibility index (Phi) is 7.40. The number of benzene rings is 1. The molecule has 1 atom stereocenters. The minimum absolute atomic E-state index is 0.287. The molecule has 0 unspecified atom stereocenters. The Bertz CT molecular complexity index is 894. The number of ether oxygens (including phenoxy) is 2. The first kappa shape index (κ1) is 22.0. The van der Waals surface area contributed by atoms with E-state index in [1.165, 1.54) is 22.7 Å². The molecule has 7 heteroatoms. The van der Waals surface area contributed by atoms with E-state index in [1.807, 2.05) is 53.2 Å². The van der Waals surface area contributed by atoms with Gasteiger partial charge in [-0.3, -0.25) is 0 Å². The van der Waals surface area contributed by atoms with Crippen LogP contribution in [0, 0.1) is 5.92 Å². The van der Waals surface area contributed by atoms with Crippen LogP contribution in [0.2, 0.25) is 0 Å². The summed E-state index contributed by atoms with van der Waals surface area (Å²) in [6, 6.07) is 17.1. The first-order valence-corrected chi connectivity index (χ1v) is 12.3. The number of likely N-dealkylation sites (tertiary alicyclic amines) is 1. The quantitative estimate of drug-likeness (QED) is 0.362. The highest BCUT2D eigenvalue weighted by Gasteiger charge is 2.44. The van der Waals surface area contributed by atoms with E-state index in [4.69, 9.17) is 9.47 Å². The zero-order valence-corrected chi connectivity index (χ0v) is 18.9. The van der Waals surface area contributed by atoms with E-state index in [9.17, 15) is 9.90 Å².